The van der Waals surface area contributed by atoms with Gasteiger partial charge in [-0.05, 0) is 35.1 Å². The number of nitriles is 1. The van der Waals surface area contributed by atoms with Crippen molar-refractivity contribution < 1.29 is 0 Å². The predicted molar refractivity (Wildman–Crippen MR) is 94.9 cm³/mol. The van der Waals surface area contributed by atoms with E-state index in [-0.39, 0.29) is 0 Å². The van der Waals surface area contributed by atoms with Crippen molar-refractivity contribution in [2.75, 3.05) is 22.9 Å². The summed E-state index contributed by atoms with van der Waals surface area (Å²) in [7, 11) is 2.07. The molecule has 100 valence electrons. The average molecular weight is 384 g/mol. The Hall–Kier alpha value is -0.930. The zero-order chi connectivity index (χ0) is 14.4. The van der Waals surface area contributed by atoms with Crippen molar-refractivity contribution in [1.29, 1.82) is 5.26 Å². The van der Waals surface area contributed by atoms with Gasteiger partial charge in [0.25, 0.3) is 0 Å². The summed E-state index contributed by atoms with van der Waals surface area (Å²) in [5.41, 5.74) is 3.38. The minimum Gasteiger partial charge on any atom is -0.374 e. The molecular formula is C15H17IN2S. The maximum atomic E-state index is 9.11. The molecule has 0 aliphatic carbocycles. The molecule has 1 aromatic carbocycles. The topological polar surface area (TPSA) is 27.0 Å². The van der Waals surface area contributed by atoms with Gasteiger partial charge in [0, 0.05) is 23.7 Å². The number of benzene rings is 1. The molecule has 0 bridgehead atoms. The lowest BCUT2D eigenvalue weighted by atomic mass is 10.00. The van der Waals surface area contributed by atoms with Gasteiger partial charge in [0.15, 0.2) is 0 Å². The highest BCUT2D eigenvalue weighted by Gasteiger charge is 2.08. The third-order valence-corrected chi connectivity index (χ3v) is 3.56. The van der Waals surface area contributed by atoms with E-state index in [2.05, 4.69) is 71.9 Å². The number of nitrogens with zero attached hydrogens (tertiary/aromatic N) is 2. The average Bonchev–Trinajstić information content (AvgIpc) is 2.39. The van der Waals surface area contributed by atoms with E-state index in [0.717, 1.165) is 22.1 Å². The summed E-state index contributed by atoms with van der Waals surface area (Å²) in [6.07, 6.45) is 0. The van der Waals surface area contributed by atoms with Crippen molar-refractivity contribution in [2.24, 2.45) is 0 Å². The van der Waals surface area contributed by atoms with Gasteiger partial charge >= 0.3 is 0 Å². The Morgan fingerprint density at radius 2 is 2.00 bits per heavy atom. The van der Waals surface area contributed by atoms with E-state index < -0.39 is 0 Å². The van der Waals surface area contributed by atoms with Crippen molar-refractivity contribution in [3.05, 3.63) is 46.9 Å². The van der Waals surface area contributed by atoms with Gasteiger partial charge in [-0.1, -0.05) is 41.3 Å². The molecule has 4 heteroatoms. The second kappa shape index (κ2) is 7.61. The van der Waals surface area contributed by atoms with E-state index in [9.17, 15) is 0 Å². The normalized spacial score (nSPS) is 11.5. The number of hydrogen-bond donors (Lipinski definition) is 1. The molecule has 0 saturated heterocycles. The molecule has 1 aromatic rings. The Bertz CT molecular complexity index is 522. The van der Waals surface area contributed by atoms with Crippen LogP contribution in [0.5, 0.6) is 0 Å². The third-order valence-electron chi connectivity index (χ3n) is 2.85. The van der Waals surface area contributed by atoms with E-state index in [4.69, 9.17) is 5.26 Å². The van der Waals surface area contributed by atoms with Crippen molar-refractivity contribution in [2.45, 2.75) is 6.92 Å². The van der Waals surface area contributed by atoms with Crippen LogP contribution in [-0.2, 0) is 0 Å². The van der Waals surface area contributed by atoms with Crippen LogP contribution < -0.4 is 4.90 Å². The Morgan fingerprint density at radius 3 is 2.42 bits per heavy atom. The molecule has 0 aromatic heterocycles. The van der Waals surface area contributed by atoms with Crippen LogP contribution in [0.4, 0.5) is 5.69 Å². The molecule has 0 saturated carbocycles. The first-order valence-corrected chi connectivity index (χ1v) is 7.85. The van der Waals surface area contributed by atoms with E-state index in [1.807, 2.05) is 12.1 Å². The highest BCUT2D eigenvalue weighted by atomic mass is 127. The van der Waals surface area contributed by atoms with Crippen molar-refractivity contribution in [3.8, 4) is 6.07 Å². The fourth-order valence-electron chi connectivity index (χ4n) is 1.68. The fourth-order valence-corrected chi connectivity index (χ4v) is 2.59. The maximum Gasteiger partial charge on any atom is 0.101 e. The summed E-state index contributed by atoms with van der Waals surface area (Å²) >= 11 is 6.59. The summed E-state index contributed by atoms with van der Waals surface area (Å²) in [5, 5.41) is 9.11. The summed E-state index contributed by atoms with van der Waals surface area (Å²) < 4.78 is 1.09. The lowest BCUT2D eigenvalue weighted by molar-refractivity contribution is 0.987. The molecule has 1 rings (SSSR count). The van der Waals surface area contributed by atoms with E-state index in [1.165, 1.54) is 5.69 Å². The van der Waals surface area contributed by atoms with Crippen LogP contribution in [0.15, 0.2) is 41.3 Å². The minimum atomic E-state index is 0.539. The van der Waals surface area contributed by atoms with Crippen molar-refractivity contribution in [1.82, 2.24) is 0 Å². The molecule has 0 heterocycles. The first kappa shape index (κ1) is 16.1. The summed E-state index contributed by atoms with van der Waals surface area (Å²) in [6, 6.07) is 10.2. The summed E-state index contributed by atoms with van der Waals surface area (Å²) in [4.78, 5) is 2.89. The van der Waals surface area contributed by atoms with Gasteiger partial charge in [-0.15, -0.1) is 12.6 Å². The number of anilines is 1. The molecule has 0 spiro atoms. The Labute approximate surface area is 134 Å². The van der Waals surface area contributed by atoms with Gasteiger partial charge in [-0.2, -0.15) is 5.26 Å². The molecule has 19 heavy (non-hydrogen) atoms. The Kier molecular flexibility index (Phi) is 6.46. The second-order valence-electron chi connectivity index (χ2n) is 4.21. The first-order valence-electron chi connectivity index (χ1n) is 5.88. The molecule has 0 unspecified atom stereocenters. The molecule has 0 aliphatic heterocycles. The van der Waals surface area contributed by atoms with Crippen LogP contribution in [0, 0.1) is 11.3 Å². The molecule has 0 radical (unpaired) electrons. The molecule has 0 atom stereocenters. The maximum absolute atomic E-state index is 9.11. The van der Waals surface area contributed by atoms with E-state index >= 15 is 0 Å². The SMILES string of the molecule is C=C(/C(C#N)=C(\C)S)c1ccc(N(C)CCI)cc1. The monoisotopic (exact) mass is 384 g/mol. The van der Waals surface area contributed by atoms with Crippen LogP contribution in [0.3, 0.4) is 0 Å². The zero-order valence-corrected chi connectivity index (χ0v) is 14.2. The highest BCUT2D eigenvalue weighted by Crippen LogP contribution is 2.26. The Morgan fingerprint density at radius 1 is 1.42 bits per heavy atom. The first-order chi connectivity index (χ1) is 9.01. The highest BCUT2D eigenvalue weighted by molar-refractivity contribution is 14.1. The van der Waals surface area contributed by atoms with Crippen molar-refractivity contribution >= 4 is 46.5 Å². The predicted octanol–water partition coefficient (Wildman–Crippen LogP) is 4.30. The van der Waals surface area contributed by atoms with Gasteiger partial charge in [0.1, 0.15) is 6.07 Å². The minimum absolute atomic E-state index is 0.539. The largest absolute Gasteiger partial charge is 0.374 e. The number of halogens is 1. The van der Waals surface area contributed by atoms with Crippen LogP contribution >= 0.6 is 35.2 Å². The molecule has 0 N–H and O–H groups in total. The number of thiol groups is 1. The number of allylic oxidation sites excluding steroid dienone is 3. The zero-order valence-electron chi connectivity index (χ0n) is 11.2. The van der Waals surface area contributed by atoms with Crippen LogP contribution in [0.1, 0.15) is 12.5 Å². The number of hydrogen-bond acceptors (Lipinski definition) is 3. The quantitative estimate of drug-likeness (QED) is 0.270. The lowest BCUT2D eigenvalue weighted by Gasteiger charge is -2.18. The van der Waals surface area contributed by atoms with E-state index in [0.29, 0.717) is 10.5 Å². The number of rotatable bonds is 5. The van der Waals surface area contributed by atoms with Crippen molar-refractivity contribution in [3.63, 3.8) is 0 Å². The van der Waals surface area contributed by atoms with Crippen LogP contribution in [0.2, 0.25) is 0 Å². The van der Waals surface area contributed by atoms with E-state index in [1.54, 1.807) is 6.92 Å². The molecule has 2 nitrogen and oxygen atoms in total. The Balaban J connectivity index is 2.97. The molecule has 0 fully saturated rings. The second-order valence-corrected chi connectivity index (χ2v) is 5.96. The fraction of sp³-hybridized carbons (Fsp3) is 0.267. The third kappa shape index (κ3) is 4.29. The van der Waals surface area contributed by atoms with Gasteiger partial charge in [-0.3, -0.25) is 0 Å². The lowest BCUT2D eigenvalue weighted by Crippen LogP contribution is -2.19. The standard InChI is InChI=1S/C15H17IN2S/c1-11(15(10-17)12(2)19)13-4-6-14(7-5-13)18(3)9-8-16/h4-7,19H,1,8-9H2,2-3H3/b15-12+. The summed E-state index contributed by atoms with van der Waals surface area (Å²) in [5.74, 6) is 0. The van der Waals surface area contributed by atoms with Gasteiger partial charge in [-0.25, -0.2) is 0 Å². The number of alkyl halides is 1. The molecular weight excluding hydrogens is 367 g/mol. The summed E-state index contributed by atoms with van der Waals surface area (Å²) in [6.45, 7) is 6.80. The van der Waals surface area contributed by atoms with Gasteiger partial charge < -0.3 is 4.90 Å². The van der Waals surface area contributed by atoms with Crippen LogP contribution in [0.25, 0.3) is 5.57 Å². The molecule has 0 amide bonds. The van der Waals surface area contributed by atoms with Crippen LogP contribution in [-0.4, -0.2) is 18.0 Å². The van der Waals surface area contributed by atoms with Gasteiger partial charge in [0.2, 0.25) is 0 Å². The van der Waals surface area contributed by atoms with Gasteiger partial charge in [0.05, 0.1) is 5.57 Å². The smallest absolute Gasteiger partial charge is 0.101 e. The molecule has 0 aliphatic rings.